The van der Waals surface area contributed by atoms with Crippen LogP contribution in [-0.2, 0) is 24.8 Å². The summed E-state index contributed by atoms with van der Waals surface area (Å²) in [5, 5.41) is 2.78. The lowest BCUT2D eigenvalue weighted by Gasteiger charge is -2.30. The molecule has 1 saturated heterocycles. The van der Waals surface area contributed by atoms with Crippen molar-refractivity contribution < 1.29 is 21.6 Å². The van der Waals surface area contributed by atoms with Gasteiger partial charge in [-0.05, 0) is 63.1 Å². The number of hydrogen-bond donors (Lipinski definition) is 2. The predicted octanol–water partition coefficient (Wildman–Crippen LogP) is 1.81. The van der Waals surface area contributed by atoms with Gasteiger partial charge in [0.1, 0.15) is 4.90 Å². The van der Waals surface area contributed by atoms with Gasteiger partial charge in [0.2, 0.25) is 26.0 Å². The van der Waals surface area contributed by atoms with Crippen LogP contribution in [0.4, 0.5) is 5.69 Å². The van der Waals surface area contributed by atoms with Crippen molar-refractivity contribution in [3.63, 3.8) is 0 Å². The third-order valence-electron chi connectivity index (χ3n) is 4.92. The van der Waals surface area contributed by atoms with E-state index in [0.29, 0.717) is 18.5 Å². The maximum atomic E-state index is 12.7. The Kier molecular flexibility index (Phi) is 7.10. The number of hydrogen-bond acceptors (Lipinski definition) is 6. The number of pyridine rings is 1. The molecular weight excluding hydrogens is 440 g/mol. The molecule has 31 heavy (non-hydrogen) atoms. The van der Waals surface area contributed by atoms with Crippen LogP contribution in [-0.4, -0.2) is 51.2 Å². The van der Waals surface area contributed by atoms with Crippen LogP contribution < -0.4 is 10.0 Å². The van der Waals surface area contributed by atoms with E-state index in [2.05, 4.69) is 15.0 Å². The van der Waals surface area contributed by atoms with Crippen LogP contribution in [0, 0.1) is 5.92 Å². The van der Waals surface area contributed by atoms with Crippen molar-refractivity contribution in [2.45, 2.75) is 42.5 Å². The average Bonchev–Trinajstić information content (AvgIpc) is 2.74. The van der Waals surface area contributed by atoms with E-state index >= 15 is 0 Å². The number of sulfonamides is 2. The second-order valence-electron chi connectivity index (χ2n) is 7.66. The van der Waals surface area contributed by atoms with Crippen LogP contribution in [0.5, 0.6) is 0 Å². The molecule has 2 aromatic rings. The lowest BCUT2D eigenvalue weighted by Crippen LogP contribution is -2.41. The summed E-state index contributed by atoms with van der Waals surface area (Å²) in [6.45, 7) is 3.96. The number of nitrogens with one attached hydrogen (secondary N) is 2. The molecule has 1 fully saturated rings. The number of carbonyl (C=O) groups excluding carboxylic acids is 1. The summed E-state index contributed by atoms with van der Waals surface area (Å²) in [6.07, 6.45) is 3.62. The van der Waals surface area contributed by atoms with Gasteiger partial charge in [0.15, 0.2) is 0 Å². The summed E-state index contributed by atoms with van der Waals surface area (Å²) in [4.78, 5) is 16.7. The van der Waals surface area contributed by atoms with Crippen molar-refractivity contribution in [3.8, 4) is 0 Å². The lowest BCUT2D eigenvalue weighted by atomic mass is 9.97. The van der Waals surface area contributed by atoms with Crippen molar-refractivity contribution in [1.29, 1.82) is 0 Å². The maximum Gasteiger partial charge on any atom is 0.244 e. The first-order valence-corrected chi connectivity index (χ1v) is 12.9. The largest absolute Gasteiger partial charge is 0.326 e. The van der Waals surface area contributed by atoms with E-state index in [4.69, 9.17) is 0 Å². The molecule has 1 aromatic carbocycles. The van der Waals surface area contributed by atoms with E-state index in [-0.39, 0.29) is 40.7 Å². The van der Waals surface area contributed by atoms with Crippen LogP contribution in [0.25, 0.3) is 0 Å². The molecule has 168 valence electrons. The van der Waals surface area contributed by atoms with Gasteiger partial charge in [0.05, 0.1) is 4.90 Å². The highest BCUT2D eigenvalue weighted by molar-refractivity contribution is 7.89. The van der Waals surface area contributed by atoms with Gasteiger partial charge in [-0.1, -0.05) is 0 Å². The van der Waals surface area contributed by atoms with E-state index in [0.717, 1.165) is 0 Å². The highest BCUT2D eigenvalue weighted by Gasteiger charge is 2.32. The Hall–Kier alpha value is -2.34. The Morgan fingerprint density at radius 2 is 1.68 bits per heavy atom. The zero-order valence-electron chi connectivity index (χ0n) is 17.4. The Morgan fingerprint density at radius 1 is 1.03 bits per heavy atom. The molecule has 1 aromatic heterocycles. The molecule has 1 amide bonds. The Bertz CT molecular complexity index is 1110. The Labute approximate surface area is 183 Å². The first kappa shape index (κ1) is 23.3. The minimum absolute atomic E-state index is 0.119. The molecule has 0 spiro atoms. The molecule has 0 bridgehead atoms. The Morgan fingerprint density at radius 3 is 2.23 bits per heavy atom. The van der Waals surface area contributed by atoms with Gasteiger partial charge in [-0.15, -0.1) is 0 Å². The van der Waals surface area contributed by atoms with Gasteiger partial charge >= 0.3 is 0 Å². The molecule has 3 rings (SSSR count). The number of nitrogens with zero attached hydrogens (tertiary/aromatic N) is 2. The van der Waals surface area contributed by atoms with Crippen LogP contribution in [0.2, 0.25) is 0 Å². The molecule has 0 atom stereocenters. The molecule has 9 nitrogen and oxygen atoms in total. The molecule has 0 saturated carbocycles. The van der Waals surface area contributed by atoms with Crippen molar-refractivity contribution >= 4 is 31.6 Å². The Balaban J connectivity index is 1.58. The fourth-order valence-corrected chi connectivity index (χ4v) is 6.03. The predicted molar refractivity (Wildman–Crippen MR) is 116 cm³/mol. The summed E-state index contributed by atoms with van der Waals surface area (Å²) in [5.74, 6) is -0.541. The molecule has 11 heteroatoms. The molecule has 1 aliphatic rings. The normalized spacial score (nSPS) is 16.4. The van der Waals surface area contributed by atoms with Crippen LogP contribution in [0.15, 0.2) is 58.6 Å². The molecule has 2 heterocycles. The van der Waals surface area contributed by atoms with E-state index in [1.54, 1.807) is 19.9 Å². The quantitative estimate of drug-likeness (QED) is 0.641. The van der Waals surface area contributed by atoms with Gasteiger partial charge in [-0.3, -0.25) is 9.78 Å². The second-order valence-corrected chi connectivity index (χ2v) is 11.3. The summed E-state index contributed by atoms with van der Waals surface area (Å²) in [7, 11) is -7.22. The molecule has 2 N–H and O–H groups in total. The zero-order chi connectivity index (χ0) is 22.6. The van der Waals surface area contributed by atoms with Gasteiger partial charge in [-0.25, -0.2) is 21.6 Å². The monoisotopic (exact) mass is 466 g/mol. The van der Waals surface area contributed by atoms with E-state index in [9.17, 15) is 21.6 Å². The highest BCUT2D eigenvalue weighted by Crippen LogP contribution is 2.25. The fraction of sp³-hybridized carbons (Fsp3) is 0.400. The van der Waals surface area contributed by atoms with Gasteiger partial charge in [0, 0.05) is 43.1 Å². The third-order valence-corrected chi connectivity index (χ3v) is 8.48. The first-order valence-electron chi connectivity index (χ1n) is 9.93. The number of anilines is 1. The van der Waals surface area contributed by atoms with Gasteiger partial charge in [-0.2, -0.15) is 4.31 Å². The summed E-state index contributed by atoms with van der Waals surface area (Å²) >= 11 is 0. The number of piperidine rings is 1. The fourth-order valence-electron chi connectivity index (χ4n) is 3.35. The molecule has 0 aliphatic carbocycles. The van der Waals surface area contributed by atoms with Crippen LogP contribution in [0.1, 0.15) is 26.7 Å². The van der Waals surface area contributed by atoms with Crippen molar-refractivity contribution in [3.05, 3.63) is 48.8 Å². The van der Waals surface area contributed by atoms with E-state index in [1.165, 1.54) is 47.0 Å². The van der Waals surface area contributed by atoms with Crippen molar-refractivity contribution in [1.82, 2.24) is 14.0 Å². The molecular formula is C20H26N4O5S2. The van der Waals surface area contributed by atoms with Gasteiger partial charge in [0.25, 0.3) is 0 Å². The number of amides is 1. The van der Waals surface area contributed by atoms with Crippen LogP contribution in [0.3, 0.4) is 0 Å². The summed E-state index contributed by atoms with van der Waals surface area (Å²) in [5.41, 5.74) is 0.485. The van der Waals surface area contributed by atoms with E-state index < -0.39 is 20.0 Å². The SMILES string of the molecule is CC(C)NS(=O)(=O)c1ccc(NC(=O)C2CCN(S(=O)(=O)c3cccnc3)CC2)cc1. The van der Waals surface area contributed by atoms with E-state index in [1.807, 2.05) is 0 Å². The highest BCUT2D eigenvalue weighted by atomic mass is 32.2. The van der Waals surface area contributed by atoms with Crippen LogP contribution >= 0.6 is 0 Å². The van der Waals surface area contributed by atoms with Crippen molar-refractivity contribution in [2.75, 3.05) is 18.4 Å². The topological polar surface area (TPSA) is 126 Å². The smallest absolute Gasteiger partial charge is 0.244 e. The number of carbonyl (C=O) groups is 1. The summed E-state index contributed by atoms with van der Waals surface area (Å²) < 4.78 is 53.6. The third kappa shape index (κ3) is 5.67. The number of aromatic nitrogens is 1. The van der Waals surface area contributed by atoms with Gasteiger partial charge < -0.3 is 5.32 Å². The first-order chi connectivity index (χ1) is 14.6. The summed E-state index contributed by atoms with van der Waals surface area (Å²) in [6, 6.07) is 8.79. The van der Waals surface area contributed by atoms with Crippen molar-refractivity contribution in [2.24, 2.45) is 5.92 Å². The molecule has 0 radical (unpaired) electrons. The molecule has 0 unspecified atom stereocenters. The standard InChI is InChI=1S/C20H26N4O5S2/c1-15(2)23-30(26,27)18-7-5-17(6-8-18)22-20(25)16-9-12-24(13-10-16)31(28,29)19-4-3-11-21-14-19/h3-8,11,14-16,23H,9-10,12-13H2,1-2H3,(H,22,25). The average molecular weight is 467 g/mol. The minimum atomic E-state index is -3.62. The molecule has 1 aliphatic heterocycles. The second kappa shape index (κ2) is 9.43. The number of benzene rings is 1. The lowest BCUT2D eigenvalue weighted by molar-refractivity contribution is -0.120. The minimum Gasteiger partial charge on any atom is -0.326 e. The maximum absolute atomic E-state index is 12.7. The number of rotatable bonds is 7. The zero-order valence-corrected chi connectivity index (χ0v) is 19.0.